The number of nitrogens with zero attached hydrogens (tertiary/aromatic N) is 4. The Hall–Kier alpha value is -4.68. The monoisotopic (exact) mass is 814 g/mol. The zero-order chi connectivity index (χ0) is 38.8. The number of aromatic hydroxyl groups is 1. The number of thiophene rings is 1. The lowest BCUT2D eigenvalue weighted by Gasteiger charge is -2.49. The molecule has 2 aliphatic heterocycles. The number of amides is 4. The molecule has 1 saturated carbocycles. The number of benzene rings is 3. The molecule has 0 radical (unpaired) electrons. The summed E-state index contributed by atoms with van der Waals surface area (Å²) in [6.45, 7) is 3.78. The molecule has 4 aliphatic rings. The van der Waals surface area contributed by atoms with Gasteiger partial charge in [-0.25, -0.2) is 4.90 Å². The number of halogens is 3. The van der Waals surface area contributed by atoms with E-state index in [1.54, 1.807) is 72.5 Å². The van der Waals surface area contributed by atoms with Crippen LogP contribution in [0.4, 0.5) is 11.5 Å². The number of anilines is 2. The molecular formula is C41H33Cl3N4O6S. The molecule has 10 nitrogen and oxygen atoms in total. The Morgan fingerprint density at radius 1 is 0.909 bits per heavy atom. The number of allylic oxidation sites excluding steroid dienone is 2. The molecule has 280 valence electrons. The fourth-order valence-corrected chi connectivity index (χ4v) is 11.3. The molecule has 9 rings (SSSR count). The first-order valence-corrected chi connectivity index (χ1v) is 19.7. The van der Waals surface area contributed by atoms with Crippen molar-refractivity contribution in [2.75, 3.05) is 16.9 Å². The summed E-state index contributed by atoms with van der Waals surface area (Å²) in [6, 6.07) is 17.2. The standard InChI is InChI=1S/C41H33Cl3N4O6S/c1-18-25-15-21(43)7-12-31(25)55-36(18)29-17-32(46(3)45-29)48-38(51)27-16-26-23(34(41(27,2)40(48)53)19-13-28(44)35(49)30(14-19)54-4)10-11-24-33(26)39(52)47(37(24)50)22-8-5-20(42)6-9-22/h5-10,12-15,17,24,26-27,33-34,49H,11,16H2,1-4H3/t24-,26+,27-,33-,34-,41+/m0/s1. The van der Waals surface area contributed by atoms with Gasteiger partial charge in [-0.1, -0.05) is 46.5 Å². The van der Waals surface area contributed by atoms with Crippen LogP contribution < -0.4 is 14.5 Å². The number of fused-ring (bicyclic) bond motifs is 5. The number of phenols is 1. The maximum Gasteiger partial charge on any atom is 0.242 e. The summed E-state index contributed by atoms with van der Waals surface area (Å²) in [6.07, 6.45) is 2.39. The van der Waals surface area contributed by atoms with Gasteiger partial charge >= 0.3 is 0 Å². The average molecular weight is 816 g/mol. The van der Waals surface area contributed by atoms with E-state index in [2.05, 4.69) is 0 Å². The molecule has 2 saturated heterocycles. The fourth-order valence-electron chi connectivity index (χ4n) is 9.59. The normalized spacial score (nSPS) is 26.1. The van der Waals surface area contributed by atoms with Crippen molar-refractivity contribution < 1.29 is 29.0 Å². The van der Waals surface area contributed by atoms with Crippen LogP contribution in [0.5, 0.6) is 11.5 Å². The van der Waals surface area contributed by atoms with Crippen LogP contribution >= 0.6 is 46.1 Å². The van der Waals surface area contributed by atoms with Crippen LogP contribution in [0.1, 0.15) is 36.8 Å². The summed E-state index contributed by atoms with van der Waals surface area (Å²) in [5.41, 5.74) is 1.98. The molecule has 0 unspecified atom stereocenters. The maximum absolute atomic E-state index is 15.2. The smallest absolute Gasteiger partial charge is 0.242 e. The second kappa shape index (κ2) is 12.7. The van der Waals surface area contributed by atoms with Crippen molar-refractivity contribution in [1.82, 2.24) is 9.78 Å². The summed E-state index contributed by atoms with van der Waals surface area (Å²) < 4.78 is 8.08. The highest BCUT2D eigenvalue weighted by atomic mass is 35.5. The Morgan fingerprint density at radius 2 is 1.64 bits per heavy atom. The molecule has 4 heterocycles. The summed E-state index contributed by atoms with van der Waals surface area (Å²) >= 11 is 20.6. The molecule has 55 heavy (non-hydrogen) atoms. The largest absolute Gasteiger partial charge is 0.503 e. The lowest BCUT2D eigenvalue weighted by Crippen LogP contribution is -2.49. The lowest BCUT2D eigenvalue weighted by molar-refractivity contribution is -0.131. The second-order valence-corrected chi connectivity index (χ2v) is 17.2. The quantitative estimate of drug-likeness (QED) is 0.139. The minimum atomic E-state index is -1.35. The zero-order valence-electron chi connectivity index (χ0n) is 30.0. The molecule has 1 N–H and O–H groups in total. The number of aryl methyl sites for hydroxylation is 2. The summed E-state index contributed by atoms with van der Waals surface area (Å²) in [5, 5.41) is 17.6. The van der Waals surface area contributed by atoms with Gasteiger partial charge in [0, 0.05) is 33.8 Å². The van der Waals surface area contributed by atoms with Crippen molar-refractivity contribution in [1.29, 1.82) is 0 Å². The van der Waals surface area contributed by atoms with Crippen molar-refractivity contribution in [3.05, 3.63) is 98.5 Å². The highest BCUT2D eigenvalue weighted by Gasteiger charge is 2.68. The van der Waals surface area contributed by atoms with Crippen molar-refractivity contribution in [3.8, 4) is 22.1 Å². The van der Waals surface area contributed by atoms with Gasteiger partial charge in [-0.3, -0.25) is 28.8 Å². The molecule has 6 atom stereocenters. The minimum absolute atomic E-state index is 0.0110. The number of hydrogen-bond donors (Lipinski definition) is 1. The Labute approximate surface area is 334 Å². The van der Waals surface area contributed by atoms with Crippen LogP contribution in [0.2, 0.25) is 15.1 Å². The van der Waals surface area contributed by atoms with Gasteiger partial charge in [0.1, 0.15) is 11.5 Å². The van der Waals surface area contributed by atoms with Gasteiger partial charge in [0.2, 0.25) is 23.6 Å². The Balaban J connectivity index is 1.17. The number of phenolic OH excluding ortho intramolecular Hbond substituents is 1. The first-order chi connectivity index (χ1) is 26.2. The first-order valence-electron chi connectivity index (χ1n) is 17.8. The Kier molecular flexibility index (Phi) is 8.29. The van der Waals surface area contributed by atoms with E-state index in [1.807, 2.05) is 31.2 Å². The van der Waals surface area contributed by atoms with E-state index in [0.717, 1.165) is 26.1 Å². The number of methoxy groups -OCH3 is 1. The van der Waals surface area contributed by atoms with Gasteiger partial charge in [-0.05, 0) is 104 Å². The molecule has 0 spiro atoms. The number of hydrogen-bond acceptors (Lipinski definition) is 8. The number of carbonyl (C=O) groups is 4. The van der Waals surface area contributed by atoms with Gasteiger partial charge in [0.15, 0.2) is 11.5 Å². The SMILES string of the molecule is COc1cc([C@H]2C3=CC[C@@H]4C(=O)N(c5ccc(Cl)cc5)C(=O)[C@@H]4[C@@H]3C[C@H]3C(=O)N(c4cc(-c5sc6ccc(Cl)cc6c5C)nn4C)C(=O)[C@@]23C)cc(Cl)c1O. The molecule has 0 bridgehead atoms. The third-order valence-corrected chi connectivity index (χ3v) is 14.2. The van der Waals surface area contributed by atoms with Crippen LogP contribution in [-0.2, 0) is 26.2 Å². The van der Waals surface area contributed by atoms with Gasteiger partial charge in [0.05, 0.1) is 45.9 Å². The zero-order valence-corrected chi connectivity index (χ0v) is 33.1. The minimum Gasteiger partial charge on any atom is -0.503 e. The van der Waals surface area contributed by atoms with Crippen LogP contribution in [0.3, 0.4) is 0 Å². The number of rotatable bonds is 5. The van der Waals surface area contributed by atoms with Gasteiger partial charge < -0.3 is 9.84 Å². The topological polar surface area (TPSA) is 122 Å². The third kappa shape index (κ3) is 5.09. The number of carbonyl (C=O) groups excluding carboxylic acids is 4. The van der Waals surface area contributed by atoms with Gasteiger partial charge in [0.25, 0.3) is 0 Å². The van der Waals surface area contributed by atoms with Crippen molar-refractivity contribution in [2.24, 2.45) is 36.1 Å². The molecule has 3 aromatic carbocycles. The summed E-state index contributed by atoms with van der Waals surface area (Å²) in [7, 11) is 3.10. The molecule has 4 amide bonds. The Bertz CT molecular complexity index is 2560. The van der Waals surface area contributed by atoms with Crippen molar-refractivity contribution in [3.63, 3.8) is 0 Å². The Morgan fingerprint density at radius 3 is 2.36 bits per heavy atom. The molecule has 3 fully saturated rings. The van der Waals surface area contributed by atoms with E-state index in [4.69, 9.17) is 44.6 Å². The molecule has 2 aliphatic carbocycles. The summed E-state index contributed by atoms with van der Waals surface area (Å²) in [5.74, 6) is -4.99. The maximum atomic E-state index is 15.2. The lowest BCUT2D eigenvalue weighted by atomic mass is 9.51. The van der Waals surface area contributed by atoms with Gasteiger partial charge in [-0.2, -0.15) is 5.10 Å². The molecule has 2 aromatic heterocycles. The number of aromatic nitrogens is 2. The van der Waals surface area contributed by atoms with E-state index in [1.165, 1.54) is 16.9 Å². The number of ether oxygens (including phenoxy) is 1. The van der Waals surface area contributed by atoms with E-state index in [-0.39, 0.29) is 41.2 Å². The fraction of sp³-hybridized carbons (Fsp3) is 0.293. The highest BCUT2D eigenvalue weighted by molar-refractivity contribution is 7.22. The molecule has 5 aromatic rings. The van der Waals surface area contributed by atoms with Crippen LogP contribution in [0, 0.1) is 36.0 Å². The average Bonchev–Trinajstić information content (AvgIpc) is 3.83. The predicted octanol–water partition coefficient (Wildman–Crippen LogP) is 8.72. The molecular weight excluding hydrogens is 783 g/mol. The van der Waals surface area contributed by atoms with E-state index < -0.39 is 46.8 Å². The first kappa shape index (κ1) is 36.0. The predicted molar refractivity (Wildman–Crippen MR) is 212 cm³/mol. The highest BCUT2D eigenvalue weighted by Crippen LogP contribution is 2.64. The summed E-state index contributed by atoms with van der Waals surface area (Å²) in [4.78, 5) is 61.8. The van der Waals surface area contributed by atoms with E-state index in [0.29, 0.717) is 32.8 Å². The molecule has 14 heteroatoms. The number of imide groups is 2. The van der Waals surface area contributed by atoms with Crippen LogP contribution in [-0.4, -0.2) is 45.6 Å². The van der Waals surface area contributed by atoms with E-state index in [9.17, 15) is 19.5 Å². The van der Waals surface area contributed by atoms with Crippen molar-refractivity contribution >= 4 is 91.4 Å². The van der Waals surface area contributed by atoms with Crippen molar-refractivity contribution in [2.45, 2.75) is 32.6 Å². The third-order valence-electron chi connectivity index (χ3n) is 12.2. The van der Waals surface area contributed by atoms with Crippen LogP contribution in [0.25, 0.3) is 20.7 Å². The van der Waals surface area contributed by atoms with Gasteiger partial charge in [-0.15, -0.1) is 11.3 Å². The van der Waals surface area contributed by atoms with E-state index >= 15 is 4.79 Å². The second-order valence-electron chi connectivity index (χ2n) is 14.9. The van der Waals surface area contributed by atoms with Crippen LogP contribution in [0.15, 0.2) is 72.3 Å².